The normalized spacial score (nSPS) is 10.1. The Balaban J connectivity index is 2.46. The summed E-state index contributed by atoms with van der Waals surface area (Å²) in [7, 11) is 3.32. The molecule has 0 atom stereocenters. The van der Waals surface area contributed by atoms with Crippen molar-refractivity contribution < 1.29 is 9.47 Å². The van der Waals surface area contributed by atoms with E-state index in [9.17, 15) is 0 Å². The maximum atomic E-state index is 5.26. The van der Waals surface area contributed by atoms with Gasteiger partial charge in [-0.25, -0.2) is 0 Å². The van der Waals surface area contributed by atoms with Crippen LogP contribution in [-0.2, 0) is 0 Å². The fraction of sp³-hybridized carbons (Fsp3) is 0.143. The molecule has 2 nitrogen and oxygen atoms in total. The van der Waals surface area contributed by atoms with Gasteiger partial charge in [-0.1, -0.05) is 12.1 Å². The van der Waals surface area contributed by atoms with Crippen LogP contribution in [0.5, 0.6) is 11.5 Å². The van der Waals surface area contributed by atoms with Crippen molar-refractivity contribution in [2.24, 2.45) is 0 Å². The molecular weight excluding hydrogens is 327 g/mol. The molecule has 0 amide bonds. The highest BCUT2D eigenvalue weighted by atomic mass is 127. The summed E-state index contributed by atoms with van der Waals surface area (Å²) in [6, 6.07) is 14.2. The van der Waals surface area contributed by atoms with Crippen molar-refractivity contribution in [3.8, 4) is 22.6 Å². The molecule has 2 rings (SSSR count). The van der Waals surface area contributed by atoms with Crippen molar-refractivity contribution in [3.63, 3.8) is 0 Å². The number of rotatable bonds is 3. The van der Waals surface area contributed by atoms with Crippen molar-refractivity contribution >= 4 is 22.6 Å². The van der Waals surface area contributed by atoms with Crippen LogP contribution in [0.15, 0.2) is 42.5 Å². The van der Waals surface area contributed by atoms with Gasteiger partial charge in [0.2, 0.25) is 0 Å². The predicted molar refractivity (Wildman–Crippen MR) is 77.7 cm³/mol. The summed E-state index contributed by atoms with van der Waals surface area (Å²) in [6.45, 7) is 0. The van der Waals surface area contributed by atoms with Gasteiger partial charge in [0, 0.05) is 9.64 Å². The molecule has 0 spiro atoms. The topological polar surface area (TPSA) is 18.5 Å². The molecule has 0 aliphatic rings. The number of hydrogen-bond acceptors (Lipinski definition) is 2. The minimum atomic E-state index is 0.804. The lowest BCUT2D eigenvalue weighted by atomic mass is 10.1. The number of halogens is 1. The van der Waals surface area contributed by atoms with E-state index in [1.807, 2.05) is 18.2 Å². The number of hydrogen-bond donors (Lipinski definition) is 0. The number of benzene rings is 2. The van der Waals surface area contributed by atoms with Crippen LogP contribution in [0.4, 0.5) is 0 Å². The fourth-order valence-electron chi connectivity index (χ4n) is 1.62. The largest absolute Gasteiger partial charge is 0.497 e. The molecule has 0 fully saturated rings. The van der Waals surface area contributed by atoms with Crippen LogP contribution in [0.2, 0.25) is 0 Å². The Morgan fingerprint density at radius 2 is 1.29 bits per heavy atom. The van der Waals surface area contributed by atoms with Gasteiger partial charge >= 0.3 is 0 Å². The first-order valence-corrected chi connectivity index (χ1v) is 6.30. The second-order valence-corrected chi connectivity index (χ2v) is 4.85. The van der Waals surface area contributed by atoms with E-state index in [2.05, 4.69) is 46.9 Å². The molecule has 0 heterocycles. The summed E-state index contributed by atoms with van der Waals surface area (Å²) in [5, 5.41) is 0. The van der Waals surface area contributed by atoms with E-state index in [1.165, 1.54) is 3.57 Å². The lowest BCUT2D eigenvalue weighted by Crippen LogP contribution is -1.88. The Morgan fingerprint density at radius 1 is 0.765 bits per heavy atom. The summed E-state index contributed by atoms with van der Waals surface area (Å²) in [4.78, 5) is 0. The molecule has 2 aromatic rings. The second-order valence-electron chi connectivity index (χ2n) is 3.61. The van der Waals surface area contributed by atoms with Crippen LogP contribution in [0, 0.1) is 3.57 Å². The van der Waals surface area contributed by atoms with Gasteiger partial charge < -0.3 is 9.47 Å². The molecular formula is C14H13IO2. The van der Waals surface area contributed by atoms with Crippen LogP contribution in [0.1, 0.15) is 0 Å². The Hall–Kier alpha value is -1.23. The van der Waals surface area contributed by atoms with Gasteiger partial charge in [-0.2, -0.15) is 0 Å². The van der Waals surface area contributed by atoms with Crippen LogP contribution in [-0.4, -0.2) is 14.2 Å². The summed E-state index contributed by atoms with van der Waals surface area (Å²) >= 11 is 2.29. The minimum Gasteiger partial charge on any atom is -0.497 e. The molecule has 0 aromatic heterocycles. The van der Waals surface area contributed by atoms with Crippen molar-refractivity contribution in [2.75, 3.05) is 14.2 Å². The van der Waals surface area contributed by atoms with Gasteiger partial charge in [0.1, 0.15) is 11.5 Å². The highest BCUT2D eigenvalue weighted by molar-refractivity contribution is 14.1. The molecule has 0 bridgehead atoms. The summed E-state index contributed by atoms with van der Waals surface area (Å²) in [5.74, 6) is 1.61. The van der Waals surface area contributed by atoms with Crippen LogP contribution in [0.25, 0.3) is 11.1 Å². The van der Waals surface area contributed by atoms with E-state index in [1.54, 1.807) is 14.2 Å². The Morgan fingerprint density at radius 3 is 1.76 bits per heavy atom. The van der Waals surface area contributed by atoms with Gasteiger partial charge in [-0.05, 0) is 58.0 Å². The summed E-state index contributed by atoms with van der Waals surface area (Å²) in [5.41, 5.74) is 2.25. The molecule has 2 aromatic carbocycles. The van der Waals surface area contributed by atoms with Crippen molar-refractivity contribution in [1.82, 2.24) is 0 Å². The highest BCUT2D eigenvalue weighted by Crippen LogP contribution is 2.29. The van der Waals surface area contributed by atoms with Gasteiger partial charge in [-0.15, -0.1) is 0 Å². The van der Waals surface area contributed by atoms with E-state index in [0.717, 1.165) is 22.6 Å². The van der Waals surface area contributed by atoms with E-state index >= 15 is 0 Å². The lowest BCUT2D eigenvalue weighted by molar-refractivity contribution is 0.394. The molecule has 0 radical (unpaired) electrons. The molecule has 0 saturated heterocycles. The third-order valence-electron chi connectivity index (χ3n) is 2.53. The SMILES string of the molecule is COc1cc(OC)cc(-c2ccc(I)cc2)c1. The van der Waals surface area contributed by atoms with E-state index in [0.29, 0.717) is 0 Å². The highest BCUT2D eigenvalue weighted by Gasteiger charge is 2.03. The van der Waals surface area contributed by atoms with Gasteiger partial charge in [0.25, 0.3) is 0 Å². The van der Waals surface area contributed by atoms with Crippen LogP contribution in [0.3, 0.4) is 0 Å². The Labute approximate surface area is 115 Å². The first-order valence-electron chi connectivity index (χ1n) is 5.22. The summed E-state index contributed by atoms with van der Waals surface area (Å²) < 4.78 is 11.7. The van der Waals surface area contributed by atoms with Gasteiger partial charge in [0.05, 0.1) is 14.2 Å². The van der Waals surface area contributed by atoms with Gasteiger partial charge in [0.15, 0.2) is 0 Å². The zero-order valence-corrected chi connectivity index (χ0v) is 11.9. The molecule has 0 aliphatic carbocycles. The maximum Gasteiger partial charge on any atom is 0.123 e. The third-order valence-corrected chi connectivity index (χ3v) is 3.25. The van der Waals surface area contributed by atoms with E-state index in [4.69, 9.17) is 9.47 Å². The van der Waals surface area contributed by atoms with Crippen molar-refractivity contribution in [1.29, 1.82) is 0 Å². The Bertz CT molecular complexity index is 484. The predicted octanol–water partition coefficient (Wildman–Crippen LogP) is 3.98. The van der Waals surface area contributed by atoms with Crippen LogP contribution < -0.4 is 9.47 Å². The zero-order valence-electron chi connectivity index (χ0n) is 9.74. The molecule has 3 heteroatoms. The lowest BCUT2D eigenvalue weighted by Gasteiger charge is -2.08. The summed E-state index contributed by atoms with van der Waals surface area (Å²) in [6.07, 6.45) is 0. The molecule has 0 N–H and O–H groups in total. The average Bonchev–Trinajstić information content (AvgIpc) is 2.39. The molecule has 17 heavy (non-hydrogen) atoms. The zero-order chi connectivity index (χ0) is 12.3. The smallest absolute Gasteiger partial charge is 0.123 e. The molecule has 88 valence electrons. The van der Waals surface area contributed by atoms with Gasteiger partial charge in [-0.3, -0.25) is 0 Å². The van der Waals surface area contributed by atoms with Crippen LogP contribution >= 0.6 is 22.6 Å². The number of methoxy groups -OCH3 is 2. The van der Waals surface area contributed by atoms with E-state index in [-0.39, 0.29) is 0 Å². The Kier molecular flexibility index (Phi) is 3.89. The monoisotopic (exact) mass is 340 g/mol. The molecule has 0 aliphatic heterocycles. The third kappa shape index (κ3) is 2.91. The quantitative estimate of drug-likeness (QED) is 0.787. The average molecular weight is 340 g/mol. The minimum absolute atomic E-state index is 0.804. The second kappa shape index (κ2) is 5.40. The van der Waals surface area contributed by atoms with E-state index < -0.39 is 0 Å². The molecule has 0 saturated carbocycles. The fourth-order valence-corrected chi connectivity index (χ4v) is 1.98. The standard InChI is InChI=1S/C14H13IO2/c1-16-13-7-11(8-14(9-13)17-2)10-3-5-12(15)6-4-10/h3-9H,1-2H3. The number of ether oxygens (including phenoxy) is 2. The first kappa shape index (κ1) is 12.2. The first-order chi connectivity index (χ1) is 8.22. The molecule has 0 unspecified atom stereocenters. The van der Waals surface area contributed by atoms with Crippen molar-refractivity contribution in [3.05, 3.63) is 46.0 Å². The maximum absolute atomic E-state index is 5.26. The van der Waals surface area contributed by atoms with Crippen molar-refractivity contribution in [2.45, 2.75) is 0 Å².